The normalized spacial score (nSPS) is 23.0. The van der Waals surface area contributed by atoms with Gasteiger partial charge in [-0.15, -0.1) is 10.2 Å². The molecule has 0 amide bonds. The first-order chi connectivity index (χ1) is 15.6. The molecule has 1 N–H and O–H groups in total. The predicted molar refractivity (Wildman–Crippen MR) is 123 cm³/mol. The molecular weight excluding hydrogens is 406 g/mol. The minimum atomic E-state index is 0.392. The van der Waals surface area contributed by atoms with Gasteiger partial charge in [0.15, 0.2) is 11.8 Å². The molecule has 2 saturated heterocycles. The molecule has 2 aromatic rings. The van der Waals surface area contributed by atoms with Gasteiger partial charge in [-0.3, -0.25) is 4.90 Å². The SMILES string of the molecule is Cc1nnc(CN=C(NCCCN2CCOCC2)N2CCC(C)C(n3ccnc3)C2)n1C. The maximum atomic E-state index is 5.46. The third kappa shape index (κ3) is 5.66. The van der Waals surface area contributed by atoms with Gasteiger partial charge in [-0.05, 0) is 32.2 Å². The largest absolute Gasteiger partial charge is 0.379 e. The number of imidazole rings is 1. The van der Waals surface area contributed by atoms with Crippen LogP contribution in [0.2, 0.25) is 0 Å². The number of likely N-dealkylation sites (tertiary alicyclic amines) is 1. The van der Waals surface area contributed by atoms with Crippen LogP contribution in [0.1, 0.15) is 37.5 Å². The van der Waals surface area contributed by atoms with Gasteiger partial charge in [0, 0.05) is 52.2 Å². The Kier molecular flexibility index (Phi) is 7.75. The van der Waals surface area contributed by atoms with E-state index in [-0.39, 0.29) is 0 Å². The standard InChI is InChI=1S/C22H37N9O/c1-18-5-9-30(16-20(18)31-10-7-23-17-31)22(25-15-21-27-26-19(2)28(21)3)24-6-4-8-29-11-13-32-14-12-29/h7,10,17-18,20H,4-6,8-9,11-16H2,1-3H3,(H,24,25). The first kappa shape index (κ1) is 22.7. The Hall–Kier alpha value is -2.46. The van der Waals surface area contributed by atoms with E-state index in [1.54, 1.807) is 0 Å². The number of morpholine rings is 1. The summed E-state index contributed by atoms with van der Waals surface area (Å²) in [7, 11) is 1.99. The van der Waals surface area contributed by atoms with Crippen LogP contribution in [0.4, 0.5) is 0 Å². The quantitative estimate of drug-likeness (QED) is 0.389. The maximum Gasteiger partial charge on any atom is 0.194 e. The van der Waals surface area contributed by atoms with Gasteiger partial charge in [-0.2, -0.15) is 0 Å². The monoisotopic (exact) mass is 443 g/mol. The second kappa shape index (κ2) is 10.9. The van der Waals surface area contributed by atoms with E-state index in [2.05, 4.69) is 48.0 Å². The number of nitrogens with one attached hydrogen (secondary N) is 1. The van der Waals surface area contributed by atoms with Gasteiger partial charge in [-0.1, -0.05) is 6.92 Å². The average molecular weight is 444 g/mol. The average Bonchev–Trinajstić information content (AvgIpc) is 3.46. The summed E-state index contributed by atoms with van der Waals surface area (Å²) in [5, 5.41) is 12.1. The van der Waals surface area contributed by atoms with Crippen LogP contribution >= 0.6 is 0 Å². The number of aliphatic imine (C=N–C) groups is 1. The lowest BCUT2D eigenvalue weighted by atomic mass is 9.93. The Morgan fingerprint density at radius 1 is 1.25 bits per heavy atom. The Bertz CT molecular complexity index is 857. The second-order valence-corrected chi connectivity index (χ2v) is 8.89. The van der Waals surface area contributed by atoms with Gasteiger partial charge in [0.25, 0.3) is 0 Å². The Morgan fingerprint density at radius 2 is 2.09 bits per heavy atom. The van der Waals surface area contributed by atoms with Crippen molar-refractivity contribution in [3.05, 3.63) is 30.4 Å². The van der Waals surface area contributed by atoms with Crippen LogP contribution in [-0.2, 0) is 18.3 Å². The van der Waals surface area contributed by atoms with Crippen LogP contribution in [0.15, 0.2) is 23.7 Å². The van der Waals surface area contributed by atoms with E-state index >= 15 is 0 Å². The molecule has 0 saturated carbocycles. The third-order valence-electron chi connectivity index (χ3n) is 6.72. The van der Waals surface area contributed by atoms with Gasteiger partial charge in [0.1, 0.15) is 12.4 Å². The molecule has 2 fully saturated rings. The highest BCUT2D eigenvalue weighted by Gasteiger charge is 2.29. The molecule has 2 aliphatic rings. The van der Waals surface area contributed by atoms with Crippen molar-refractivity contribution in [3.8, 4) is 0 Å². The summed E-state index contributed by atoms with van der Waals surface area (Å²) in [5.74, 6) is 3.35. The number of aryl methyl sites for hydroxylation is 1. The smallest absolute Gasteiger partial charge is 0.194 e. The zero-order valence-electron chi connectivity index (χ0n) is 19.7. The third-order valence-corrected chi connectivity index (χ3v) is 6.72. The lowest BCUT2D eigenvalue weighted by Gasteiger charge is -2.39. The van der Waals surface area contributed by atoms with Gasteiger partial charge in [-0.25, -0.2) is 9.98 Å². The van der Waals surface area contributed by atoms with Crippen molar-refractivity contribution in [2.24, 2.45) is 18.0 Å². The molecular formula is C22H37N9O. The highest BCUT2D eigenvalue weighted by Crippen LogP contribution is 2.27. The Balaban J connectivity index is 1.41. The summed E-state index contributed by atoms with van der Waals surface area (Å²) in [6.07, 6.45) is 8.07. The van der Waals surface area contributed by atoms with E-state index in [4.69, 9.17) is 9.73 Å². The number of ether oxygens (including phenoxy) is 1. The molecule has 0 aliphatic carbocycles. The molecule has 0 spiro atoms. The number of piperidine rings is 1. The van der Waals surface area contributed by atoms with Crippen molar-refractivity contribution in [3.63, 3.8) is 0 Å². The van der Waals surface area contributed by atoms with Gasteiger partial charge in [0.2, 0.25) is 0 Å². The summed E-state index contributed by atoms with van der Waals surface area (Å²) >= 11 is 0. The van der Waals surface area contributed by atoms with Crippen LogP contribution < -0.4 is 5.32 Å². The number of hydrogen-bond donors (Lipinski definition) is 1. The molecule has 2 atom stereocenters. The summed E-state index contributed by atoms with van der Waals surface area (Å²) in [6.45, 7) is 12.5. The lowest BCUT2D eigenvalue weighted by Crippen LogP contribution is -2.49. The molecule has 0 radical (unpaired) electrons. The Morgan fingerprint density at radius 3 is 2.81 bits per heavy atom. The van der Waals surface area contributed by atoms with E-state index in [1.807, 2.05) is 31.1 Å². The van der Waals surface area contributed by atoms with Crippen molar-refractivity contribution >= 4 is 5.96 Å². The Labute approximate surface area is 190 Å². The predicted octanol–water partition coefficient (Wildman–Crippen LogP) is 1.07. The van der Waals surface area contributed by atoms with E-state index in [9.17, 15) is 0 Å². The molecule has 2 aliphatic heterocycles. The lowest BCUT2D eigenvalue weighted by molar-refractivity contribution is 0.0375. The van der Waals surface area contributed by atoms with Crippen LogP contribution in [0.5, 0.6) is 0 Å². The molecule has 4 rings (SSSR count). The number of guanidine groups is 1. The summed E-state index contributed by atoms with van der Waals surface area (Å²) in [6, 6.07) is 0.392. The highest BCUT2D eigenvalue weighted by atomic mass is 16.5. The number of rotatable bonds is 7. The van der Waals surface area contributed by atoms with Gasteiger partial charge < -0.3 is 24.1 Å². The number of aromatic nitrogens is 5. The first-order valence-electron chi connectivity index (χ1n) is 11.8. The number of nitrogens with zero attached hydrogens (tertiary/aromatic N) is 8. The molecule has 2 aromatic heterocycles. The van der Waals surface area contributed by atoms with Crippen LogP contribution in [-0.4, -0.2) is 92.6 Å². The van der Waals surface area contributed by atoms with Crippen LogP contribution in [0, 0.1) is 12.8 Å². The van der Waals surface area contributed by atoms with Gasteiger partial charge in [0.05, 0.1) is 25.6 Å². The van der Waals surface area contributed by atoms with Crippen LogP contribution in [0.25, 0.3) is 0 Å². The minimum Gasteiger partial charge on any atom is -0.379 e. The fraction of sp³-hybridized carbons (Fsp3) is 0.727. The van der Waals surface area contributed by atoms with Crippen molar-refractivity contribution in [1.29, 1.82) is 0 Å². The summed E-state index contributed by atoms with van der Waals surface area (Å²) < 4.78 is 9.70. The van der Waals surface area contributed by atoms with Crippen LogP contribution in [0.3, 0.4) is 0 Å². The van der Waals surface area contributed by atoms with Crippen molar-refractivity contribution in [2.75, 3.05) is 52.5 Å². The molecule has 10 nitrogen and oxygen atoms in total. The van der Waals surface area contributed by atoms with E-state index in [0.717, 1.165) is 82.9 Å². The molecule has 2 unspecified atom stereocenters. The van der Waals surface area contributed by atoms with E-state index in [0.29, 0.717) is 18.5 Å². The zero-order valence-corrected chi connectivity index (χ0v) is 19.7. The fourth-order valence-corrected chi connectivity index (χ4v) is 4.42. The van der Waals surface area contributed by atoms with E-state index < -0.39 is 0 Å². The minimum absolute atomic E-state index is 0.392. The second-order valence-electron chi connectivity index (χ2n) is 8.89. The van der Waals surface area contributed by atoms with Gasteiger partial charge >= 0.3 is 0 Å². The van der Waals surface area contributed by atoms with Crippen molar-refractivity contribution in [1.82, 2.24) is 39.4 Å². The molecule has 10 heteroatoms. The highest BCUT2D eigenvalue weighted by molar-refractivity contribution is 5.80. The molecule has 32 heavy (non-hydrogen) atoms. The van der Waals surface area contributed by atoms with Crippen molar-refractivity contribution in [2.45, 2.75) is 39.3 Å². The fourth-order valence-electron chi connectivity index (χ4n) is 4.42. The number of hydrogen-bond acceptors (Lipinski definition) is 6. The maximum absolute atomic E-state index is 5.46. The summed E-state index contributed by atoms with van der Waals surface area (Å²) in [5.41, 5.74) is 0. The van der Waals surface area contributed by atoms with Crippen molar-refractivity contribution < 1.29 is 4.74 Å². The summed E-state index contributed by atoms with van der Waals surface area (Å²) in [4.78, 5) is 14.1. The molecule has 0 aromatic carbocycles. The first-order valence-corrected chi connectivity index (χ1v) is 11.8. The molecule has 4 heterocycles. The van der Waals surface area contributed by atoms with E-state index in [1.165, 1.54) is 0 Å². The zero-order chi connectivity index (χ0) is 22.3. The molecule has 0 bridgehead atoms. The topological polar surface area (TPSA) is 88.6 Å². The molecule has 176 valence electrons.